The molecule has 0 N–H and O–H groups in total. The molecule has 3 aliphatic rings. The number of hydrogen-bond donors (Lipinski definition) is 0. The number of benzene rings is 4. The molecular formula is C39H42O7. The van der Waals surface area contributed by atoms with Crippen LogP contribution in [0.1, 0.15) is 53.9 Å². The van der Waals surface area contributed by atoms with Crippen molar-refractivity contribution < 1.29 is 33.2 Å². The molecule has 0 spiro atoms. The van der Waals surface area contributed by atoms with Gasteiger partial charge in [0.15, 0.2) is 6.79 Å². The van der Waals surface area contributed by atoms with Crippen molar-refractivity contribution in [3.05, 3.63) is 119 Å². The van der Waals surface area contributed by atoms with Crippen LogP contribution in [-0.4, -0.2) is 58.6 Å². The maximum absolute atomic E-state index is 6.10. The second-order valence-electron chi connectivity index (χ2n) is 12.3. The highest BCUT2D eigenvalue weighted by atomic mass is 16.7. The van der Waals surface area contributed by atoms with Gasteiger partial charge in [-0.3, -0.25) is 0 Å². The molecule has 0 bridgehead atoms. The third kappa shape index (κ3) is 8.40. The molecule has 4 aromatic rings. The zero-order chi connectivity index (χ0) is 31.1. The first-order chi connectivity index (χ1) is 22.7. The lowest BCUT2D eigenvalue weighted by Gasteiger charge is -2.30. The molecule has 3 unspecified atom stereocenters. The van der Waals surface area contributed by atoms with Crippen molar-refractivity contribution in [3.8, 4) is 23.0 Å². The first-order valence-electron chi connectivity index (χ1n) is 16.4. The number of rotatable bonds is 18. The van der Waals surface area contributed by atoms with Crippen molar-refractivity contribution in [2.75, 3.05) is 46.4 Å². The van der Waals surface area contributed by atoms with E-state index in [-0.39, 0.29) is 30.8 Å². The average Bonchev–Trinajstić information content (AvgIpc) is 3.95. The fourth-order valence-electron chi connectivity index (χ4n) is 5.64. The molecule has 0 aromatic heterocycles. The van der Waals surface area contributed by atoms with Crippen molar-refractivity contribution in [2.24, 2.45) is 5.92 Å². The molecule has 4 aromatic carbocycles. The molecule has 46 heavy (non-hydrogen) atoms. The van der Waals surface area contributed by atoms with Gasteiger partial charge in [-0.05, 0) is 96.5 Å². The van der Waals surface area contributed by atoms with Gasteiger partial charge in [0.1, 0.15) is 48.4 Å². The highest BCUT2D eigenvalue weighted by molar-refractivity contribution is 5.48. The van der Waals surface area contributed by atoms with Gasteiger partial charge in [-0.1, -0.05) is 48.5 Å². The zero-order valence-corrected chi connectivity index (χ0v) is 26.3. The summed E-state index contributed by atoms with van der Waals surface area (Å²) in [6, 6.07) is 34.0. The normalized spacial score (nSPS) is 19.6. The van der Waals surface area contributed by atoms with Crippen molar-refractivity contribution in [1.82, 2.24) is 0 Å². The molecule has 2 heterocycles. The van der Waals surface area contributed by atoms with Gasteiger partial charge in [-0.2, -0.15) is 0 Å². The highest BCUT2D eigenvalue weighted by Gasteiger charge is 2.30. The second-order valence-corrected chi connectivity index (χ2v) is 12.3. The number of ether oxygens (including phenoxy) is 7. The first-order valence-corrected chi connectivity index (χ1v) is 16.4. The van der Waals surface area contributed by atoms with Gasteiger partial charge < -0.3 is 33.2 Å². The molecule has 1 saturated carbocycles. The molecule has 1 aliphatic carbocycles. The minimum atomic E-state index is -0.00458. The van der Waals surface area contributed by atoms with Gasteiger partial charge in [0, 0.05) is 18.4 Å². The summed E-state index contributed by atoms with van der Waals surface area (Å²) < 4.78 is 40.0. The Balaban J connectivity index is 1.23. The van der Waals surface area contributed by atoms with Crippen molar-refractivity contribution in [2.45, 2.75) is 43.8 Å². The standard InChI is InChI=1S/C39H42O7/c1-2-40-26-46-35-19-11-31(12-20-35)39(28-5-13-32(14-6-28)41-21-27-3-4-27)38(29-7-15-33(16-8-29)42-22-36-24-44-36)30-9-17-34(18-10-30)43-23-37-25-45-37/h5-20,27,36-39H,2-4,21-26H2,1H3. The Kier molecular flexibility index (Phi) is 9.71. The fraction of sp³-hybridized carbons (Fsp3) is 0.385. The molecule has 0 radical (unpaired) electrons. The van der Waals surface area contributed by atoms with E-state index in [9.17, 15) is 0 Å². The summed E-state index contributed by atoms with van der Waals surface area (Å²) in [5.41, 5.74) is 4.75. The summed E-state index contributed by atoms with van der Waals surface area (Å²) >= 11 is 0. The van der Waals surface area contributed by atoms with Crippen LogP contribution < -0.4 is 18.9 Å². The van der Waals surface area contributed by atoms with E-state index in [1.807, 2.05) is 19.1 Å². The van der Waals surface area contributed by atoms with E-state index >= 15 is 0 Å². The lowest BCUT2D eigenvalue weighted by Crippen LogP contribution is -2.15. The first kappa shape index (κ1) is 30.6. The summed E-state index contributed by atoms with van der Waals surface area (Å²) in [5, 5.41) is 0. The van der Waals surface area contributed by atoms with Gasteiger partial charge in [-0.15, -0.1) is 0 Å². The SMILES string of the molecule is CCOCOc1ccc(C(c2ccc(OCC3CC3)cc2)C(c2ccc(OCC3CO3)cc2)c2ccc(OCC3CO3)cc2)cc1. The average molecular weight is 623 g/mol. The highest BCUT2D eigenvalue weighted by Crippen LogP contribution is 2.44. The van der Waals surface area contributed by atoms with Crippen LogP contribution in [0, 0.1) is 5.92 Å². The molecular weight excluding hydrogens is 580 g/mol. The van der Waals surface area contributed by atoms with Crippen LogP contribution in [0.2, 0.25) is 0 Å². The van der Waals surface area contributed by atoms with E-state index in [1.165, 1.54) is 35.1 Å². The van der Waals surface area contributed by atoms with Crippen LogP contribution in [0.5, 0.6) is 23.0 Å². The van der Waals surface area contributed by atoms with Crippen molar-refractivity contribution >= 4 is 0 Å². The van der Waals surface area contributed by atoms with Crippen LogP contribution in [0.15, 0.2) is 97.1 Å². The van der Waals surface area contributed by atoms with Gasteiger partial charge in [0.25, 0.3) is 0 Å². The molecule has 3 atom stereocenters. The van der Waals surface area contributed by atoms with Gasteiger partial charge in [0.2, 0.25) is 0 Å². The largest absolute Gasteiger partial charge is 0.493 e. The summed E-state index contributed by atoms with van der Waals surface area (Å²) in [5.74, 6) is 4.06. The van der Waals surface area contributed by atoms with Crippen LogP contribution in [-0.2, 0) is 14.2 Å². The van der Waals surface area contributed by atoms with Crippen LogP contribution >= 0.6 is 0 Å². The molecule has 240 valence electrons. The summed E-state index contributed by atoms with van der Waals surface area (Å²) in [7, 11) is 0. The Morgan fingerprint density at radius 3 is 1.20 bits per heavy atom. The Labute approximate surface area is 271 Å². The monoisotopic (exact) mass is 622 g/mol. The quantitative estimate of drug-likeness (QED) is 0.0652. The zero-order valence-electron chi connectivity index (χ0n) is 26.3. The summed E-state index contributed by atoms with van der Waals surface area (Å²) in [4.78, 5) is 0. The lowest BCUT2D eigenvalue weighted by atomic mass is 9.73. The molecule has 7 nitrogen and oxygen atoms in total. The van der Waals surface area contributed by atoms with Crippen LogP contribution in [0.3, 0.4) is 0 Å². The smallest absolute Gasteiger partial charge is 0.189 e. The van der Waals surface area contributed by atoms with Crippen LogP contribution in [0.4, 0.5) is 0 Å². The predicted octanol–water partition coefficient (Wildman–Crippen LogP) is 7.37. The topological polar surface area (TPSA) is 71.2 Å². The predicted molar refractivity (Wildman–Crippen MR) is 175 cm³/mol. The Morgan fingerprint density at radius 2 is 0.870 bits per heavy atom. The maximum Gasteiger partial charge on any atom is 0.189 e. The van der Waals surface area contributed by atoms with Gasteiger partial charge in [0.05, 0.1) is 19.8 Å². The van der Waals surface area contributed by atoms with Crippen LogP contribution in [0.25, 0.3) is 0 Å². The fourth-order valence-corrected chi connectivity index (χ4v) is 5.64. The second kappa shape index (κ2) is 14.6. The van der Waals surface area contributed by atoms with E-state index < -0.39 is 0 Å². The van der Waals surface area contributed by atoms with E-state index in [4.69, 9.17) is 33.2 Å². The third-order valence-electron chi connectivity index (χ3n) is 8.66. The van der Waals surface area contributed by atoms with E-state index in [1.54, 1.807) is 0 Å². The number of hydrogen-bond acceptors (Lipinski definition) is 7. The minimum Gasteiger partial charge on any atom is -0.493 e. The molecule has 2 saturated heterocycles. The molecule has 7 rings (SSSR count). The summed E-state index contributed by atoms with van der Waals surface area (Å²) in [6.45, 7) is 6.28. The van der Waals surface area contributed by atoms with Crippen molar-refractivity contribution in [3.63, 3.8) is 0 Å². The molecule has 2 aliphatic heterocycles. The van der Waals surface area contributed by atoms with E-state index in [0.717, 1.165) is 42.8 Å². The van der Waals surface area contributed by atoms with Gasteiger partial charge >= 0.3 is 0 Å². The Bertz CT molecular complexity index is 1450. The minimum absolute atomic E-state index is 0.00307. The summed E-state index contributed by atoms with van der Waals surface area (Å²) in [6.07, 6.45) is 2.95. The van der Waals surface area contributed by atoms with E-state index in [0.29, 0.717) is 25.7 Å². The Morgan fingerprint density at radius 1 is 0.522 bits per heavy atom. The van der Waals surface area contributed by atoms with E-state index in [2.05, 4.69) is 84.9 Å². The molecule has 3 fully saturated rings. The third-order valence-corrected chi connectivity index (χ3v) is 8.66. The van der Waals surface area contributed by atoms with Gasteiger partial charge in [-0.25, -0.2) is 0 Å². The number of epoxide rings is 2. The maximum atomic E-state index is 6.10. The Hall–Kier alpha value is -4.04. The molecule has 7 heteroatoms. The molecule has 0 amide bonds. The van der Waals surface area contributed by atoms with Crippen molar-refractivity contribution in [1.29, 1.82) is 0 Å². The lowest BCUT2D eigenvalue weighted by molar-refractivity contribution is 0.0224.